The maximum Gasteiger partial charge on any atom is 0.119 e. The molecule has 1 unspecified atom stereocenters. The molecule has 0 aliphatic heterocycles. The first-order chi connectivity index (χ1) is 11.6. The van der Waals surface area contributed by atoms with Gasteiger partial charge in [0.15, 0.2) is 0 Å². The van der Waals surface area contributed by atoms with Gasteiger partial charge in [-0.15, -0.1) is 0 Å². The maximum absolute atomic E-state index is 11.6. The second-order valence-corrected chi connectivity index (χ2v) is 6.20. The number of rotatable bonds is 5. The van der Waals surface area contributed by atoms with Crippen molar-refractivity contribution < 1.29 is 9.84 Å². The van der Waals surface area contributed by atoms with E-state index in [2.05, 4.69) is 0 Å². The molecular weight excluding hydrogens is 320 g/mol. The zero-order chi connectivity index (χ0) is 17.0. The van der Waals surface area contributed by atoms with E-state index in [1.165, 1.54) is 0 Å². The van der Waals surface area contributed by atoms with Crippen molar-refractivity contribution in [1.82, 2.24) is 0 Å². The van der Waals surface area contributed by atoms with E-state index >= 15 is 0 Å². The number of halogens is 1. The average Bonchev–Trinajstić information content (AvgIpc) is 2.63. The maximum atomic E-state index is 11.6. The molecule has 0 saturated heterocycles. The first-order valence-electron chi connectivity index (χ1n) is 7.79. The lowest BCUT2D eigenvalue weighted by Gasteiger charge is -2.30. The van der Waals surface area contributed by atoms with Crippen molar-refractivity contribution in [2.75, 3.05) is 7.11 Å². The molecule has 3 rings (SSSR count). The molecule has 1 atom stereocenters. The lowest BCUT2D eigenvalue weighted by atomic mass is 9.81. The second-order valence-electron chi connectivity index (χ2n) is 5.76. The van der Waals surface area contributed by atoms with Crippen LogP contribution in [0.3, 0.4) is 0 Å². The predicted octanol–water partition coefficient (Wildman–Crippen LogP) is 4.83. The molecule has 3 heteroatoms. The van der Waals surface area contributed by atoms with E-state index in [1.54, 1.807) is 19.2 Å². The Morgan fingerprint density at radius 1 is 0.875 bits per heavy atom. The highest BCUT2D eigenvalue weighted by molar-refractivity contribution is 6.30. The molecular formula is C21H19ClO2. The van der Waals surface area contributed by atoms with Gasteiger partial charge < -0.3 is 9.84 Å². The number of hydrogen-bond acceptors (Lipinski definition) is 2. The third-order valence-corrected chi connectivity index (χ3v) is 4.42. The number of ether oxygens (including phenoxy) is 1. The Labute approximate surface area is 147 Å². The SMILES string of the molecule is COc1cccc(CC(O)(c2ccccc2)c2ccc(Cl)cc2)c1. The van der Waals surface area contributed by atoms with Crippen LogP contribution in [-0.2, 0) is 12.0 Å². The highest BCUT2D eigenvalue weighted by atomic mass is 35.5. The van der Waals surface area contributed by atoms with Crippen molar-refractivity contribution in [2.24, 2.45) is 0 Å². The summed E-state index contributed by atoms with van der Waals surface area (Å²) in [6.07, 6.45) is 0.440. The standard InChI is InChI=1S/C21H19ClO2/c1-24-20-9-5-6-16(14-20)15-21(23,17-7-3-2-4-8-17)18-10-12-19(22)13-11-18/h2-14,23H,15H2,1H3. The second kappa shape index (κ2) is 7.08. The van der Waals surface area contributed by atoms with Crippen LogP contribution in [0.5, 0.6) is 5.75 Å². The first-order valence-corrected chi connectivity index (χ1v) is 8.16. The van der Waals surface area contributed by atoms with E-state index in [-0.39, 0.29) is 0 Å². The zero-order valence-electron chi connectivity index (χ0n) is 13.4. The number of methoxy groups -OCH3 is 1. The first kappa shape index (κ1) is 16.6. The van der Waals surface area contributed by atoms with E-state index in [9.17, 15) is 5.11 Å². The van der Waals surface area contributed by atoms with Gasteiger partial charge in [0.1, 0.15) is 11.4 Å². The summed E-state index contributed by atoms with van der Waals surface area (Å²) >= 11 is 6.01. The molecule has 3 aromatic rings. The van der Waals surface area contributed by atoms with E-state index < -0.39 is 5.60 Å². The fourth-order valence-corrected chi connectivity index (χ4v) is 3.01. The quantitative estimate of drug-likeness (QED) is 0.722. The van der Waals surface area contributed by atoms with Crippen LogP contribution in [0.25, 0.3) is 0 Å². The number of benzene rings is 3. The smallest absolute Gasteiger partial charge is 0.119 e. The molecule has 0 amide bonds. The molecule has 0 bridgehead atoms. The van der Waals surface area contributed by atoms with E-state index in [1.807, 2.05) is 66.7 Å². The molecule has 0 saturated carbocycles. The minimum Gasteiger partial charge on any atom is -0.497 e. The van der Waals surface area contributed by atoms with Crippen LogP contribution in [-0.4, -0.2) is 12.2 Å². The average molecular weight is 339 g/mol. The van der Waals surface area contributed by atoms with Crippen LogP contribution in [0.2, 0.25) is 5.02 Å². The Bertz CT molecular complexity index is 800. The Morgan fingerprint density at radius 2 is 1.54 bits per heavy atom. The van der Waals surface area contributed by atoms with Crippen LogP contribution in [0.15, 0.2) is 78.9 Å². The Morgan fingerprint density at radius 3 is 2.21 bits per heavy atom. The van der Waals surface area contributed by atoms with E-state index in [4.69, 9.17) is 16.3 Å². The molecule has 122 valence electrons. The summed E-state index contributed by atoms with van der Waals surface area (Å²) in [7, 11) is 1.64. The van der Waals surface area contributed by atoms with Gasteiger partial charge in [-0.05, 0) is 41.0 Å². The minimum atomic E-state index is -1.14. The molecule has 24 heavy (non-hydrogen) atoms. The topological polar surface area (TPSA) is 29.5 Å². The van der Waals surface area contributed by atoms with Crippen LogP contribution in [0, 0.1) is 0 Å². The summed E-state index contributed by atoms with van der Waals surface area (Å²) in [6.45, 7) is 0. The van der Waals surface area contributed by atoms with Gasteiger partial charge in [0.25, 0.3) is 0 Å². The van der Waals surface area contributed by atoms with Gasteiger partial charge >= 0.3 is 0 Å². The summed E-state index contributed by atoms with van der Waals surface area (Å²) in [4.78, 5) is 0. The summed E-state index contributed by atoms with van der Waals surface area (Å²) in [5.74, 6) is 0.777. The van der Waals surface area contributed by atoms with Crippen molar-refractivity contribution >= 4 is 11.6 Å². The molecule has 1 N–H and O–H groups in total. The van der Waals surface area contributed by atoms with Crippen molar-refractivity contribution in [3.8, 4) is 5.75 Å². The van der Waals surface area contributed by atoms with Crippen molar-refractivity contribution in [2.45, 2.75) is 12.0 Å². The van der Waals surface area contributed by atoms with Gasteiger partial charge in [-0.25, -0.2) is 0 Å². The zero-order valence-corrected chi connectivity index (χ0v) is 14.2. The molecule has 0 heterocycles. The summed E-state index contributed by atoms with van der Waals surface area (Å²) in [6, 6.07) is 24.8. The molecule has 0 radical (unpaired) electrons. The lowest BCUT2D eigenvalue weighted by molar-refractivity contribution is 0.0811. The van der Waals surface area contributed by atoms with E-state index in [0.29, 0.717) is 11.4 Å². The molecule has 0 fully saturated rings. The third-order valence-electron chi connectivity index (χ3n) is 4.17. The van der Waals surface area contributed by atoms with Crippen molar-refractivity contribution in [1.29, 1.82) is 0 Å². The number of hydrogen-bond donors (Lipinski definition) is 1. The predicted molar refractivity (Wildman–Crippen MR) is 97.6 cm³/mol. The fraction of sp³-hybridized carbons (Fsp3) is 0.143. The van der Waals surface area contributed by atoms with Gasteiger partial charge in [-0.2, -0.15) is 0 Å². The molecule has 3 aromatic carbocycles. The van der Waals surface area contributed by atoms with Gasteiger partial charge in [-0.3, -0.25) is 0 Å². The summed E-state index contributed by atoms with van der Waals surface area (Å²) < 4.78 is 5.30. The van der Waals surface area contributed by atoms with Crippen LogP contribution in [0.4, 0.5) is 0 Å². The highest BCUT2D eigenvalue weighted by Crippen LogP contribution is 2.34. The summed E-state index contributed by atoms with van der Waals surface area (Å²) in [5, 5.41) is 12.2. The molecule has 2 nitrogen and oxygen atoms in total. The normalized spacial score (nSPS) is 13.3. The Balaban J connectivity index is 2.06. The lowest BCUT2D eigenvalue weighted by Crippen LogP contribution is -2.30. The van der Waals surface area contributed by atoms with Gasteiger partial charge in [-0.1, -0.05) is 66.2 Å². The van der Waals surface area contributed by atoms with Gasteiger partial charge in [0.05, 0.1) is 7.11 Å². The van der Waals surface area contributed by atoms with Crippen molar-refractivity contribution in [3.05, 3.63) is 101 Å². The monoisotopic (exact) mass is 338 g/mol. The molecule has 0 aliphatic carbocycles. The largest absolute Gasteiger partial charge is 0.497 e. The third kappa shape index (κ3) is 3.45. The van der Waals surface area contributed by atoms with Crippen LogP contribution < -0.4 is 4.74 Å². The minimum absolute atomic E-state index is 0.440. The Kier molecular flexibility index (Phi) is 4.89. The molecule has 0 spiro atoms. The van der Waals surface area contributed by atoms with Crippen molar-refractivity contribution in [3.63, 3.8) is 0 Å². The molecule has 0 aromatic heterocycles. The number of aliphatic hydroxyl groups is 1. The molecule has 0 aliphatic rings. The highest BCUT2D eigenvalue weighted by Gasteiger charge is 2.31. The van der Waals surface area contributed by atoms with Gasteiger partial charge in [0.2, 0.25) is 0 Å². The van der Waals surface area contributed by atoms with E-state index in [0.717, 1.165) is 22.4 Å². The Hall–Kier alpha value is -2.29. The van der Waals surface area contributed by atoms with Gasteiger partial charge in [0, 0.05) is 11.4 Å². The van der Waals surface area contributed by atoms with Crippen LogP contribution in [0.1, 0.15) is 16.7 Å². The fourth-order valence-electron chi connectivity index (χ4n) is 2.89. The van der Waals surface area contributed by atoms with Crippen LogP contribution >= 0.6 is 11.6 Å². The summed E-state index contributed by atoms with van der Waals surface area (Å²) in [5.41, 5.74) is 1.50.